The molecule has 0 saturated carbocycles. The lowest BCUT2D eigenvalue weighted by atomic mass is 10.0. The average Bonchev–Trinajstić information content (AvgIpc) is 3.23. The number of quaternary nitrogens is 1. The van der Waals surface area contributed by atoms with Crippen LogP contribution in [0.15, 0.2) is 36.4 Å². The van der Waals surface area contributed by atoms with Crippen LogP contribution in [0.4, 0.5) is 0 Å². The molecule has 1 aromatic heterocycles. The van der Waals surface area contributed by atoms with Crippen molar-refractivity contribution in [3.05, 3.63) is 47.7 Å². The predicted molar refractivity (Wildman–Crippen MR) is 124 cm³/mol. The summed E-state index contributed by atoms with van der Waals surface area (Å²) in [6.07, 6.45) is 7.82. The number of unbranched alkanes of at least 4 members (excludes halogenated alkanes) is 3. The standard InChI is InChI=1S/C24H34N3O3S.HI/c1-4-5-6-10-16-29-24-23(25-31-26-24)21-14-11-15-27(3,18-21)19(2)30-22(28)17-20-12-8-7-9-13-20;/h7-9,12-14,19H,4-6,10-11,15-18H2,1-3H3;1H/q+1;/p-1. The number of carbonyl (C=O) groups excluding carboxylic acids is 1. The third-order valence-electron chi connectivity index (χ3n) is 5.93. The first-order valence-electron chi connectivity index (χ1n) is 11.2. The maximum absolute atomic E-state index is 12.5. The minimum atomic E-state index is -0.245. The average molecular weight is 572 g/mol. The van der Waals surface area contributed by atoms with Gasteiger partial charge in [-0.25, -0.2) is 0 Å². The van der Waals surface area contributed by atoms with Gasteiger partial charge in [0.2, 0.25) is 6.23 Å². The molecule has 1 aliphatic heterocycles. The molecule has 2 atom stereocenters. The van der Waals surface area contributed by atoms with Crippen molar-refractivity contribution in [2.45, 2.75) is 58.6 Å². The van der Waals surface area contributed by atoms with Crippen LogP contribution in [0, 0.1) is 0 Å². The lowest BCUT2D eigenvalue weighted by molar-refractivity contribution is -0.944. The molecule has 0 spiro atoms. The number of likely N-dealkylation sites (N-methyl/N-ethyl adjacent to an activating group) is 1. The molecule has 0 amide bonds. The van der Waals surface area contributed by atoms with Crippen LogP contribution in [-0.4, -0.2) is 52.2 Å². The van der Waals surface area contributed by atoms with Gasteiger partial charge in [0, 0.05) is 18.9 Å². The number of esters is 1. The number of hydrogen-bond donors (Lipinski definition) is 0. The van der Waals surface area contributed by atoms with Crippen molar-refractivity contribution in [2.24, 2.45) is 0 Å². The van der Waals surface area contributed by atoms with Crippen molar-refractivity contribution >= 4 is 23.3 Å². The van der Waals surface area contributed by atoms with Crippen molar-refractivity contribution in [3.8, 4) is 5.88 Å². The summed E-state index contributed by atoms with van der Waals surface area (Å²) in [5, 5.41) is 0. The van der Waals surface area contributed by atoms with E-state index in [1.165, 1.54) is 31.0 Å². The Kier molecular flexibility index (Phi) is 11.1. The second kappa shape index (κ2) is 13.3. The molecule has 6 nitrogen and oxygen atoms in total. The van der Waals surface area contributed by atoms with Gasteiger partial charge >= 0.3 is 5.97 Å². The lowest BCUT2D eigenvalue weighted by Crippen LogP contribution is -3.00. The SMILES string of the molecule is CCCCCCOc1nsnc1C1=CCC[N+](C)(C(C)OC(=O)Cc2ccccc2)C1.[I-]. The highest BCUT2D eigenvalue weighted by Crippen LogP contribution is 2.31. The van der Waals surface area contributed by atoms with Gasteiger partial charge in [-0.3, -0.25) is 9.28 Å². The molecule has 32 heavy (non-hydrogen) atoms. The van der Waals surface area contributed by atoms with Gasteiger partial charge in [-0.15, -0.1) is 4.37 Å². The van der Waals surface area contributed by atoms with E-state index in [0.717, 1.165) is 42.8 Å². The van der Waals surface area contributed by atoms with Crippen molar-refractivity contribution in [1.29, 1.82) is 0 Å². The topological polar surface area (TPSA) is 61.3 Å². The van der Waals surface area contributed by atoms with Crippen LogP contribution < -0.4 is 28.7 Å². The minimum Gasteiger partial charge on any atom is -1.00 e. The van der Waals surface area contributed by atoms with E-state index in [2.05, 4.69) is 28.8 Å². The van der Waals surface area contributed by atoms with Crippen LogP contribution in [-0.2, 0) is 16.0 Å². The summed E-state index contributed by atoms with van der Waals surface area (Å²) >= 11 is 1.19. The van der Waals surface area contributed by atoms with E-state index >= 15 is 0 Å². The number of benzene rings is 1. The summed E-state index contributed by atoms with van der Waals surface area (Å²) in [5.41, 5.74) is 2.93. The van der Waals surface area contributed by atoms with Crippen LogP contribution >= 0.6 is 11.7 Å². The van der Waals surface area contributed by atoms with Crippen LogP contribution in [0.3, 0.4) is 0 Å². The monoisotopic (exact) mass is 571 g/mol. The van der Waals surface area contributed by atoms with Crippen LogP contribution in [0.25, 0.3) is 5.57 Å². The first kappa shape index (κ1) is 26.7. The summed E-state index contributed by atoms with van der Waals surface area (Å²) in [6.45, 7) is 6.50. The van der Waals surface area contributed by atoms with Gasteiger partial charge in [-0.05, 0) is 12.0 Å². The van der Waals surface area contributed by atoms with E-state index in [0.29, 0.717) is 23.4 Å². The van der Waals surface area contributed by atoms with Crippen molar-refractivity contribution < 1.29 is 42.7 Å². The smallest absolute Gasteiger partial charge is 0.314 e. The Hall–Kier alpha value is -1.52. The summed E-state index contributed by atoms with van der Waals surface area (Å²) in [7, 11) is 2.14. The summed E-state index contributed by atoms with van der Waals surface area (Å²) in [6, 6.07) is 9.72. The summed E-state index contributed by atoms with van der Waals surface area (Å²) < 4.78 is 21.3. The molecule has 3 rings (SSSR count). The molecule has 1 aliphatic rings. The number of carbonyl (C=O) groups is 1. The summed E-state index contributed by atoms with van der Waals surface area (Å²) in [4.78, 5) is 12.5. The number of ether oxygens (including phenoxy) is 2. The maximum Gasteiger partial charge on any atom is 0.314 e. The third kappa shape index (κ3) is 7.52. The molecular weight excluding hydrogens is 537 g/mol. The zero-order chi connectivity index (χ0) is 22.1. The Balaban J connectivity index is 0.00000363. The van der Waals surface area contributed by atoms with Gasteiger partial charge < -0.3 is 33.5 Å². The van der Waals surface area contributed by atoms with Gasteiger partial charge in [-0.1, -0.05) is 62.6 Å². The Labute approximate surface area is 212 Å². The van der Waals surface area contributed by atoms with Crippen LogP contribution in [0.2, 0.25) is 0 Å². The molecule has 0 aliphatic carbocycles. The lowest BCUT2D eigenvalue weighted by Gasteiger charge is -2.41. The molecule has 0 radical (unpaired) electrons. The Bertz CT molecular complexity index is 874. The van der Waals surface area contributed by atoms with Gasteiger partial charge in [0.15, 0.2) is 0 Å². The molecule has 2 unspecified atom stereocenters. The fraction of sp³-hybridized carbons (Fsp3) is 0.542. The highest BCUT2D eigenvalue weighted by Gasteiger charge is 2.36. The fourth-order valence-electron chi connectivity index (χ4n) is 3.84. The zero-order valence-electron chi connectivity index (χ0n) is 19.3. The Morgan fingerprint density at radius 3 is 2.72 bits per heavy atom. The zero-order valence-corrected chi connectivity index (χ0v) is 22.2. The van der Waals surface area contributed by atoms with Crippen molar-refractivity contribution in [3.63, 3.8) is 0 Å². The van der Waals surface area contributed by atoms with Gasteiger partial charge in [0.1, 0.15) is 12.2 Å². The van der Waals surface area contributed by atoms with E-state index in [9.17, 15) is 4.79 Å². The van der Waals surface area contributed by atoms with Gasteiger partial charge in [-0.2, -0.15) is 4.37 Å². The summed E-state index contributed by atoms with van der Waals surface area (Å²) in [5.74, 6) is 0.440. The largest absolute Gasteiger partial charge is 1.00 e. The van der Waals surface area contributed by atoms with E-state index in [-0.39, 0.29) is 36.2 Å². The molecular formula is C24H34IN3O3S. The van der Waals surface area contributed by atoms with E-state index < -0.39 is 0 Å². The van der Waals surface area contributed by atoms with E-state index in [4.69, 9.17) is 9.47 Å². The molecule has 0 fully saturated rings. The number of aromatic nitrogens is 2. The van der Waals surface area contributed by atoms with Crippen LogP contribution in [0.1, 0.15) is 57.2 Å². The highest BCUT2D eigenvalue weighted by molar-refractivity contribution is 6.99. The predicted octanol–water partition coefficient (Wildman–Crippen LogP) is 1.87. The van der Waals surface area contributed by atoms with E-state index in [1.807, 2.05) is 37.3 Å². The highest BCUT2D eigenvalue weighted by atomic mass is 127. The number of hydrogen-bond acceptors (Lipinski definition) is 6. The molecule has 2 heterocycles. The normalized spacial score (nSPS) is 18.9. The molecule has 8 heteroatoms. The molecule has 1 aromatic carbocycles. The van der Waals surface area contributed by atoms with Gasteiger partial charge in [0.25, 0.3) is 5.88 Å². The maximum atomic E-state index is 12.5. The van der Waals surface area contributed by atoms with Gasteiger partial charge in [0.05, 0.1) is 38.3 Å². The molecule has 0 bridgehead atoms. The Morgan fingerprint density at radius 2 is 1.97 bits per heavy atom. The molecule has 0 N–H and O–H groups in total. The first-order valence-corrected chi connectivity index (χ1v) is 12.0. The second-order valence-electron chi connectivity index (χ2n) is 8.46. The third-order valence-corrected chi connectivity index (χ3v) is 6.44. The molecule has 176 valence electrons. The number of halogens is 1. The number of rotatable bonds is 11. The minimum absolute atomic E-state index is 0. The molecule has 0 saturated heterocycles. The van der Waals surface area contributed by atoms with Crippen LogP contribution in [0.5, 0.6) is 5.88 Å². The van der Waals surface area contributed by atoms with Crippen molar-refractivity contribution in [1.82, 2.24) is 8.75 Å². The second-order valence-corrected chi connectivity index (χ2v) is 8.99. The Morgan fingerprint density at radius 1 is 1.19 bits per heavy atom. The fourth-order valence-corrected chi connectivity index (χ4v) is 4.37. The first-order chi connectivity index (χ1) is 15.0. The molecule has 2 aromatic rings. The quantitative estimate of drug-likeness (QED) is 0.179. The van der Waals surface area contributed by atoms with Crippen molar-refractivity contribution in [2.75, 3.05) is 26.7 Å². The number of nitrogens with zero attached hydrogens (tertiary/aromatic N) is 3. The van der Waals surface area contributed by atoms with E-state index in [1.54, 1.807) is 0 Å².